The Morgan fingerprint density at radius 1 is 1.03 bits per heavy atom. The molecular weight excluding hydrogens is 400 g/mol. The Bertz CT molecular complexity index is 949. The molecule has 2 aromatic rings. The fourth-order valence-corrected chi connectivity index (χ4v) is 5.02. The highest BCUT2D eigenvalue weighted by molar-refractivity contribution is 7.95. The normalized spacial score (nSPS) is 16.3. The average Bonchev–Trinajstić information content (AvgIpc) is 2.89. The van der Waals surface area contributed by atoms with Crippen LogP contribution in [0.1, 0.15) is 20.3 Å². The van der Waals surface area contributed by atoms with Gasteiger partial charge in [-0.15, -0.1) is 0 Å². The number of nitrogens with zero attached hydrogens (tertiary/aromatic N) is 2. The zero-order valence-corrected chi connectivity index (χ0v) is 17.4. The molecule has 0 saturated carbocycles. The second kappa shape index (κ2) is 8.64. The van der Waals surface area contributed by atoms with E-state index in [9.17, 15) is 17.2 Å². The Morgan fingerprint density at radius 3 is 2.24 bits per heavy atom. The molecule has 0 aromatic heterocycles. The number of anilines is 3. The maximum absolute atomic E-state index is 14.4. The molecule has 0 radical (unpaired) electrons. The van der Waals surface area contributed by atoms with Crippen molar-refractivity contribution in [1.29, 1.82) is 0 Å². The van der Waals surface area contributed by atoms with Crippen molar-refractivity contribution in [3.8, 4) is 0 Å². The van der Waals surface area contributed by atoms with Gasteiger partial charge in [0.05, 0.1) is 17.5 Å². The van der Waals surface area contributed by atoms with Crippen LogP contribution >= 0.6 is 0 Å². The highest BCUT2D eigenvalue weighted by atomic mass is 32.2. The second-order valence-corrected chi connectivity index (χ2v) is 8.81. The minimum Gasteiger partial charge on any atom is -0.380 e. The molecular formula is C20H25F2N3O3S. The molecule has 1 aliphatic rings. The molecule has 29 heavy (non-hydrogen) atoms. The Labute approximate surface area is 170 Å². The standard InChI is InChI=1S/C20H25F2N3O3S/c1-14(2)23-13-15(28-3)11-12-24-18-9-4-5-10-19(18)25(29(24,26)27)20-16(21)7-6-8-17(20)22/h4-10,14-15,23H,11-13H2,1-3H3/t15-/m0/s1. The van der Waals surface area contributed by atoms with Gasteiger partial charge in [0.15, 0.2) is 11.6 Å². The van der Waals surface area contributed by atoms with Crippen LogP contribution in [0.25, 0.3) is 0 Å². The number of methoxy groups -OCH3 is 1. The molecule has 1 N–H and O–H groups in total. The van der Waals surface area contributed by atoms with Crippen LogP contribution in [-0.4, -0.2) is 40.8 Å². The number of para-hydroxylation sites is 3. The topological polar surface area (TPSA) is 61.9 Å². The smallest absolute Gasteiger partial charge is 0.331 e. The van der Waals surface area contributed by atoms with Crippen molar-refractivity contribution in [2.45, 2.75) is 32.4 Å². The summed E-state index contributed by atoms with van der Waals surface area (Å²) >= 11 is 0. The first-order chi connectivity index (χ1) is 13.8. The largest absolute Gasteiger partial charge is 0.380 e. The van der Waals surface area contributed by atoms with Crippen LogP contribution in [0.15, 0.2) is 42.5 Å². The molecule has 2 aromatic carbocycles. The first kappa shape index (κ1) is 21.5. The van der Waals surface area contributed by atoms with E-state index in [1.807, 2.05) is 13.8 Å². The summed E-state index contributed by atoms with van der Waals surface area (Å²) in [7, 11) is -2.64. The molecule has 6 nitrogen and oxygen atoms in total. The van der Waals surface area contributed by atoms with Crippen molar-refractivity contribution in [2.75, 3.05) is 28.8 Å². The molecule has 158 valence electrons. The van der Waals surface area contributed by atoms with Gasteiger partial charge in [-0.25, -0.2) is 13.1 Å². The van der Waals surface area contributed by atoms with Crippen molar-refractivity contribution in [3.05, 3.63) is 54.1 Å². The van der Waals surface area contributed by atoms with E-state index in [4.69, 9.17) is 4.74 Å². The monoisotopic (exact) mass is 425 g/mol. The number of halogens is 2. The molecule has 0 bridgehead atoms. The number of rotatable bonds is 8. The van der Waals surface area contributed by atoms with E-state index in [0.29, 0.717) is 18.7 Å². The Morgan fingerprint density at radius 2 is 1.66 bits per heavy atom. The third kappa shape index (κ3) is 4.22. The van der Waals surface area contributed by atoms with E-state index in [1.165, 1.54) is 16.4 Å². The zero-order chi connectivity index (χ0) is 21.2. The van der Waals surface area contributed by atoms with Crippen LogP contribution in [0.2, 0.25) is 0 Å². The van der Waals surface area contributed by atoms with Crippen molar-refractivity contribution < 1.29 is 21.9 Å². The summed E-state index contributed by atoms with van der Waals surface area (Å²) in [6, 6.07) is 10.0. The van der Waals surface area contributed by atoms with Gasteiger partial charge in [-0.2, -0.15) is 8.42 Å². The van der Waals surface area contributed by atoms with Crippen molar-refractivity contribution >= 4 is 27.3 Å². The maximum Gasteiger partial charge on any atom is 0.331 e. The van der Waals surface area contributed by atoms with Gasteiger partial charge in [0.25, 0.3) is 0 Å². The molecule has 9 heteroatoms. The fourth-order valence-electron chi connectivity index (χ4n) is 3.28. The minimum atomic E-state index is -4.21. The molecule has 0 spiro atoms. The number of nitrogens with one attached hydrogen (secondary N) is 1. The molecule has 1 heterocycles. The van der Waals surface area contributed by atoms with Gasteiger partial charge in [-0.1, -0.05) is 32.0 Å². The summed E-state index contributed by atoms with van der Waals surface area (Å²) in [6.45, 7) is 4.70. The zero-order valence-electron chi connectivity index (χ0n) is 16.6. The average molecular weight is 426 g/mol. The minimum absolute atomic E-state index is 0.115. The summed E-state index contributed by atoms with van der Waals surface area (Å²) in [5.74, 6) is -1.89. The lowest BCUT2D eigenvalue weighted by Gasteiger charge is -2.24. The van der Waals surface area contributed by atoms with E-state index < -0.39 is 27.5 Å². The summed E-state index contributed by atoms with van der Waals surface area (Å²) in [6.07, 6.45) is 0.205. The predicted octanol–water partition coefficient (Wildman–Crippen LogP) is 3.57. The lowest BCUT2D eigenvalue weighted by Crippen LogP contribution is -2.40. The van der Waals surface area contributed by atoms with Gasteiger partial charge in [-0.3, -0.25) is 4.31 Å². The second-order valence-electron chi connectivity index (χ2n) is 7.11. The van der Waals surface area contributed by atoms with Crippen LogP contribution in [0.4, 0.5) is 25.8 Å². The van der Waals surface area contributed by atoms with E-state index in [2.05, 4.69) is 5.32 Å². The van der Waals surface area contributed by atoms with Crippen LogP contribution in [0.3, 0.4) is 0 Å². The predicted molar refractivity (Wildman–Crippen MR) is 110 cm³/mol. The fraction of sp³-hybridized carbons (Fsp3) is 0.400. The molecule has 0 fully saturated rings. The molecule has 0 aliphatic carbocycles. The van der Waals surface area contributed by atoms with Crippen molar-refractivity contribution in [3.63, 3.8) is 0 Å². The summed E-state index contributed by atoms with van der Waals surface area (Å²) in [5, 5.41) is 3.26. The summed E-state index contributed by atoms with van der Waals surface area (Å²) < 4.78 is 62.8. The van der Waals surface area contributed by atoms with Gasteiger partial charge in [-0.05, 0) is 30.7 Å². The third-order valence-electron chi connectivity index (χ3n) is 4.76. The number of hydrogen-bond acceptors (Lipinski definition) is 4. The van der Waals surface area contributed by atoms with Gasteiger partial charge < -0.3 is 10.1 Å². The van der Waals surface area contributed by atoms with Crippen LogP contribution in [0, 0.1) is 11.6 Å². The van der Waals surface area contributed by atoms with Crippen LogP contribution in [0.5, 0.6) is 0 Å². The van der Waals surface area contributed by atoms with E-state index >= 15 is 0 Å². The lowest BCUT2D eigenvalue weighted by atomic mass is 10.2. The number of fused-ring (bicyclic) bond motifs is 1. The molecule has 3 rings (SSSR count). The highest BCUT2D eigenvalue weighted by Crippen LogP contribution is 2.46. The number of hydrogen-bond donors (Lipinski definition) is 1. The Kier molecular flexibility index (Phi) is 6.40. The summed E-state index contributed by atoms with van der Waals surface area (Å²) in [5.41, 5.74) is -0.0141. The van der Waals surface area contributed by atoms with Crippen LogP contribution < -0.4 is 13.9 Å². The first-order valence-electron chi connectivity index (χ1n) is 9.39. The van der Waals surface area contributed by atoms with E-state index in [-0.39, 0.29) is 24.4 Å². The maximum atomic E-state index is 14.4. The SMILES string of the molecule is CO[C@@H](CCN1c2ccccc2N(c2c(F)cccc2F)S1(=O)=O)CNC(C)C. The van der Waals surface area contributed by atoms with Crippen molar-refractivity contribution in [1.82, 2.24) is 5.32 Å². The molecule has 1 atom stereocenters. The van der Waals surface area contributed by atoms with Gasteiger partial charge in [0.2, 0.25) is 0 Å². The first-order valence-corrected chi connectivity index (χ1v) is 10.8. The lowest BCUT2D eigenvalue weighted by molar-refractivity contribution is 0.0950. The number of ether oxygens (including phenoxy) is 1. The molecule has 1 aliphatic heterocycles. The van der Waals surface area contributed by atoms with Gasteiger partial charge in [0, 0.05) is 26.2 Å². The molecule has 0 saturated heterocycles. The van der Waals surface area contributed by atoms with Gasteiger partial charge >= 0.3 is 10.2 Å². The van der Waals surface area contributed by atoms with E-state index in [1.54, 1.807) is 25.3 Å². The third-order valence-corrected chi connectivity index (χ3v) is 6.54. The van der Waals surface area contributed by atoms with Gasteiger partial charge in [0.1, 0.15) is 5.69 Å². The van der Waals surface area contributed by atoms with Crippen molar-refractivity contribution in [2.24, 2.45) is 0 Å². The highest BCUT2D eigenvalue weighted by Gasteiger charge is 2.43. The Hall–Kier alpha value is -2.23. The number of benzene rings is 2. The molecule has 0 unspecified atom stereocenters. The summed E-state index contributed by atoms with van der Waals surface area (Å²) in [4.78, 5) is 0. The Balaban J connectivity index is 1.94. The van der Waals surface area contributed by atoms with E-state index in [0.717, 1.165) is 16.4 Å². The van der Waals surface area contributed by atoms with Crippen LogP contribution in [-0.2, 0) is 14.9 Å². The quantitative estimate of drug-likeness (QED) is 0.702. The molecule has 0 amide bonds.